The molecule has 5 heteroatoms. The number of phenols is 1. The Morgan fingerprint density at radius 1 is 1.28 bits per heavy atom. The van der Waals surface area contributed by atoms with E-state index in [0.717, 1.165) is 35.7 Å². The number of halogens is 2. The third-order valence-corrected chi connectivity index (χ3v) is 4.40. The van der Waals surface area contributed by atoms with Crippen LogP contribution >= 0.6 is 31.9 Å². The van der Waals surface area contributed by atoms with Gasteiger partial charge in [-0.3, -0.25) is 0 Å². The van der Waals surface area contributed by atoms with Gasteiger partial charge in [0.2, 0.25) is 0 Å². The fraction of sp³-hybridized carbons (Fsp3) is 0.538. The number of aliphatic hydroxyl groups is 1. The van der Waals surface area contributed by atoms with Gasteiger partial charge in [0, 0.05) is 22.6 Å². The molecule has 0 amide bonds. The van der Waals surface area contributed by atoms with Crippen LogP contribution in [-0.4, -0.2) is 22.4 Å². The summed E-state index contributed by atoms with van der Waals surface area (Å²) in [6, 6.07) is 4.07. The van der Waals surface area contributed by atoms with Gasteiger partial charge >= 0.3 is 0 Å². The molecule has 100 valence electrons. The molecule has 18 heavy (non-hydrogen) atoms. The van der Waals surface area contributed by atoms with Crippen molar-refractivity contribution in [2.24, 2.45) is 0 Å². The van der Waals surface area contributed by atoms with Crippen molar-refractivity contribution in [3.05, 3.63) is 26.6 Å². The highest BCUT2D eigenvalue weighted by Gasteiger charge is 2.20. The van der Waals surface area contributed by atoms with Gasteiger partial charge in [0.05, 0.1) is 10.6 Å². The van der Waals surface area contributed by atoms with Gasteiger partial charge in [-0.1, -0.05) is 15.9 Å². The third kappa shape index (κ3) is 3.70. The smallest absolute Gasteiger partial charge is 0.134 e. The van der Waals surface area contributed by atoms with Gasteiger partial charge in [-0.05, 0) is 53.7 Å². The van der Waals surface area contributed by atoms with Gasteiger partial charge in [0.1, 0.15) is 5.75 Å². The van der Waals surface area contributed by atoms with Crippen LogP contribution in [0.25, 0.3) is 0 Å². The predicted octanol–water partition coefficient (Wildman–Crippen LogP) is 3.31. The number of phenolic OH excluding ortho intramolecular Hbond substituents is 1. The molecule has 2 rings (SSSR count). The van der Waals surface area contributed by atoms with E-state index in [2.05, 4.69) is 37.2 Å². The lowest BCUT2D eigenvalue weighted by Gasteiger charge is -2.27. The Morgan fingerprint density at radius 3 is 2.78 bits per heavy atom. The summed E-state index contributed by atoms with van der Waals surface area (Å²) in [6.07, 6.45) is 3.68. The van der Waals surface area contributed by atoms with Gasteiger partial charge < -0.3 is 15.5 Å². The fourth-order valence-corrected chi connectivity index (χ4v) is 3.67. The molecule has 1 fully saturated rings. The van der Waals surface area contributed by atoms with Crippen molar-refractivity contribution in [1.82, 2.24) is 5.32 Å². The average Bonchev–Trinajstić information content (AvgIpc) is 2.32. The molecule has 1 aliphatic rings. The molecule has 0 aromatic heterocycles. The van der Waals surface area contributed by atoms with Crippen LogP contribution in [0.1, 0.15) is 31.2 Å². The number of hydrogen-bond acceptors (Lipinski definition) is 3. The van der Waals surface area contributed by atoms with Crippen LogP contribution in [-0.2, 0) is 6.54 Å². The van der Waals surface area contributed by atoms with Crippen LogP contribution < -0.4 is 5.32 Å². The highest BCUT2D eigenvalue weighted by molar-refractivity contribution is 9.11. The van der Waals surface area contributed by atoms with E-state index in [9.17, 15) is 10.2 Å². The van der Waals surface area contributed by atoms with E-state index < -0.39 is 0 Å². The minimum absolute atomic E-state index is 0.181. The van der Waals surface area contributed by atoms with Gasteiger partial charge in [0.25, 0.3) is 0 Å². The standard InChI is InChI=1S/C13H17Br2NO2/c14-9-4-8(13(18)12(15)5-9)7-16-10-2-1-3-11(17)6-10/h4-5,10-11,16-18H,1-3,6-7H2/t10-,11-/m0/s1. The summed E-state index contributed by atoms with van der Waals surface area (Å²) in [5.74, 6) is 0.280. The van der Waals surface area contributed by atoms with Crippen LogP contribution in [0.5, 0.6) is 5.75 Å². The molecule has 1 aromatic carbocycles. The molecule has 0 saturated heterocycles. The van der Waals surface area contributed by atoms with E-state index in [-0.39, 0.29) is 11.9 Å². The zero-order chi connectivity index (χ0) is 13.1. The van der Waals surface area contributed by atoms with E-state index in [1.54, 1.807) is 0 Å². The Morgan fingerprint density at radius 2 is 2.06 bits per heavy atom. The molecule has 1 aromatic rings. The lowest BCUT2D eigenvalue weighted by atomic mass is 9.93. The largest absolute Gasteiger partial charge is 0.506 e. The predicted molar refractivity (Wildman–Crippen MR) is 78.6 cm³/mol. The molecule has 0 heterocycles. The molecule has 1 aliphatic carbocycles. The normalized spacial score (nSPS) is 24.2. The second-order valence-corrected chi connectivity index (χ2v) is 6.56. The van der Waals surface area contributed by atoms with Crippen molar-refractivity contribution in [1.29, 1.82) is 0 Å². The number of aliphatic hydroxyl groups excluding tert-OH is 1. The minimum Gasteiger partial charge on any atom is -0.506 e. The number of nitrogens with one attached hydrogen (secondary N) is 1. The van der Waals surface area contributed by atoms with Crippen LogP contribution in [0, 0.1) is 0 Å². The van der Waals surface area contributed by atoms with Crippen molar-refractivity contribution in [2.75, 3.05) is 0 Å². The monoisotopic (exact) mass is 377 g/mol. The Kier molecular flexibility index (Phi) is 5.06. The maximum absolute atomic E-state index is 9.95. The van der Waals surface area contributed by atoms with Crippen LogP contribution in [0.15, 0.2) is 21.1 Å². The minimum atomic E-state index is -0.181. The van der Waals surface area contributed by atoms with E-state index in [0.29, 0.717) is 17.1 Å². The van der Waals surface area contributed by atoms with E-state index >= 15 is 0 Å². The molecular weight excluding hydrogens is 362 g/mol. The van der Waals surface area contributed by atoms with Crippen molar-refractivity contribution in [3.63, 3.8) is 0 Å². The van der Waals surface area contributed by atoms with Crippen LogP contribution in [0.3, 0.4) is 0 Å². The number of rotatable bonds is 3. The van der Waals surface area contributed by atoms with Crippen molar-refractivity contribution >= 4 is 31.9 Å². The Hall–Kier alpha value is -0.100. The SMILES string of the molecule is Oc1c(Br)cc(Br)cc1CN[C@H]1CCC[C@H](O)C1. The second kappa shape index (κ2) is 6.37. The first-order chi connectivity index (χ1) is 8.56. The summed E-state index contributed by atoms with van der Waals surface area (Å²) >= 11 is 6.74. The van der Waals surface area contributed by atoms with Gasteiger partial charge in [0.15, 0.2) is 0 Å². The first-order valence-corrected chi connectivity index (χ1v) is 7.73. The molecule has 0 unspecified atom stereocenters. The Labute approximate surface area is 124 Å². The summed E-state index contributed by atoms with van der Waals surface area (Å²) in [6.45, 7) is 0.612. The van der Waals surface area contributed by atoms with E-state index in [4.69, 9.17) is 0 Å². The summed E-state index contributed by atoms with van der Waals surface area (Å²) < 4.78 is 1.63. The summed E-state index contributed by atoms with van der Waals surface area (Å²) in [7, 11) is 0. The summed E-state index contributed by atoms with van der Waals surface area (Å²) in [5, 5.41) is 23.0. The van der Waals surface area contributed by atoms with E-state index in [1.807, 2.05) is 12.1 Å². The van der Waals surface area contributed by atoms with Gasteiger partial charge in [-0.25, -0.2) is 0 Å². The van der Waals surface area contributed by atoms with Crippen LogP contribution in [0.2, 0.25) is 0 Å². The fourth-order valence-electron chi connectivity index (χ4n) is 2.36. The number of hydrogen-bond donors (Lipinski definition) is 3. The Bertz CT molecular complexity index is 426. The van der Waals surface area contributed by atoms with Gasteiger partial charge in [-0.15, -0.1) is 0 Å². The van der Waals surface area contributed by atoms with E-state index in [1.165, 1.54) is 0 Å². The molecule has 2 atom stereocenters. The zero-order valence-corrected chi connectivity index (χ0v) is 13.2. The first kappa shape index (κ1) is 14.3. The topological polar surface area (TPSA) is 52.5 Å². The molecule has 0 aliphatic heterocycles. The van der Waals surface area contributed by atoms with Crippen LogP contribution in [0.4, 0.5) is 0 Å². The number of benzene rings is 1. The molecule has 3 nitrogen and oxygen atoms in total. The van der Waals surface area contributed by atoms with Gasteiger partial charge in [-0.2, -0.15) is 0 Å². The summed E-state index contributed by atoms with van der Waals surface area (Å²) in [4.78, 5) is 0. The first-order valence-electron chi connectivity index (χ1n) is 6.14. The lowest BCUT2D eigenvalue weighted by molar-refractivity contribution is 0.111. The zero-order valence-electron chi connectivity index (χ0n) is 10.00. The van der Waals surface area contributed by atoms with Crippen molar-refractivity contribution < 1.29 is 10.2 Å². The number of aromatic hydroxyl groups is 1. The molecule has 1 saturated carbocycles. The quantitative estimate of drug-likeness (QED) is 0.756. The molecule has 3 N–H and O–H groups in total. The highest BCUT2D eigenvalue weighted by atomic mass is 79.9. The molecule has 0 radical (unpaired) electrons. The van der Waals surface area contributed by atoms with Crippen molar-refractivity contribution in [3.8, 4) is 5.75 Å². The maximum Gasteiger partial charge on any atom is 0.134 e. The van der Waals surface area contributed by atoms with Crippen molar-refractivity contribution in [2.45, 2.75) is 44.4 Å². The Balaban J connectivity index is 1.97. The summed E-state index contributed by atoms with van der Waals surface area (Å²) in [5.41, 5.74) is 0.858. The molecule has 0 bridgehead atoms. The molecule has 0 spiro atoms. The second-order valence-electron chi connectivity index (χ2n) is 4.79. The average molecular weight is 379 g/mol. The molecular formula is C13H17Br2NO2. The maximum atomic E-state index is 9.95. The highest BCUT2D eigenvalue weighted by Crippen LogP contribution is 2.31. The lowest BCUT2D eigenvalue weighted by Crippen LogP contribution is -2.35. The third-order valence-electron chi connectivity index (χ3n) is 3.33.